The van der Waals surface area contributed by atoms with Crippen molar-refractivity contribution in [2.24, 2.45) is 39.7 Å². The van der Waals surface area contributed by atoms with E-state index in [0.717, 1.165) is 64.3 Å². The summed E-state index contributed by atoms with van der Waals surface area (Å²) in [5, 5.41) is 26.6. The van der Waals surface area contributed by atoms with Crippen LogP contribution in [0.25, 0.3) is 0 Å². The summed E-state index contributed by atoms with van der Waals surface area (Å²) in [5.74, 6) is 2.29. The first-order chi connectivity index (χ1) is 14.7. The van der Waals surface area contributed by atoms with E-state index in [-0.39, 0.29) is 11.5 Å². The predicted molar refractivity (Wildman–Crippen MR) is 125 cm³/mol. The summed E-state index contributed by atoms with van der Waals surface area (Å²) in [5.41, 5.74) is -0.164. The van der Waals surface area contributed by atoms with Crippen molar-refractivity contribution in [2.45, 2.75) is 96.2 Å². The third-order valence-electron chi connectivity index (χ3n) is 10.4. The molecule has 0 amide bonds. The van der Waals surface area contributed by atoms with Crippen molar-refractivity contribution in [3.63, 3.8) is 0 Å². The quantitative estimate of drug-likeness (QED) is 0.353. The Labute approximate surface area is 189 Å². The lowest BCUT2D eigenvalue weighted by molar-refractivity contribution is -0.210. The van der Waals surface area contributed by atoms with Crippen LogP contribution in [0.15, 0.2) is 5.16 Å². The SMILES string of the molecule is CN(C)CCO/N=C/CCC1CC[C@@]2(O)[C@@H]3CCC4CC(O)CC[C@]4(C)[C@@H]3CC[C@]12C. The van der Waals surface area contributed by atoms with E-state index < -0.39 is 5.60 Å². The Morgan fingerprint density at radius 3 is 2.61 bits per heavy atom. The summed E-state index contributed by atoms with van der Waals surface area (Å²) in [6, 6.07) is 0. The summed E-state index contributed by atoms with van der Waals surface area (Å²) < 4.78 is 0. The van der Waals surface area contributed by atoms with E-state index >= 15 is 0 Å². The summed E-state index contributed by atoms with van der Waals surface area (Å²) in [6.45, 7) is 6.40. The van der Waals surface area contributed by atoms with E-state index in [2.05, 4.69) is 23.9 Å². The maximum atomic E-state index is 12.2. The van der Waals surface area contributed by atoms with Crippen molar-refractivity contribution in [1.82, 2.24) is 4.90 Å². The molecule has 4 aliphatic rings. The van der Waals surface area contributed by atoms with Crippen molar-refractivity contribution < 1.29 is 15.1 Å². The number of aliphatic hydroxyl groups is 2. The van der Waals surface area contributed by atoms with Crippen LogP contribution in [0.2, 0.25) is 0 Å². The van der Waals surface area contributed by atoms with Gasteiger partial charge in [-0.05, 0) is 119 Å². The first-order valence-corrected chi connectivity index (χ1v) is 12.9. The van der Waals surface area contributed by atoms with E-state index in [1.165, 1.54) is 12.8 Å². The van der Waals surface area contributed by atoms with Crippen LogP contribution in [-0.4, -0.2) is 60.3 Å². The highest BCUT2D eigenvalue weighted by atomic mass is 16.6. The van der Waals surface area contributed by atoms with Crippen LogP contribution in [0.5, 0.6) is 0 Å². The molecule has 178 valence electrons. The first kappa shape index (κ1) is 23.5. The average molecular weight is 435 g/mol. The molecule has 0 bridgehead atoms. The molecule has 0 aromatic carbocycles. The number of rotatable bonds is 7. The summed E-state index contributed by atoms with van der Waals surface area (Å²) in [6.07, 6.45) is 13.8. The largest absolute Gasteiger partial charge is 0.395 e. The summed E-state index contributed by atoms with van der Waals surface area (Å²) in [4.78, 5) is 7.45. The molecule has 2 N–H and O–H groups in total. The van der Waals surface area contributed by atoms with Crippen LogP contribution in [0.4, 0.5) is 0 Å². The molecule has 0 aromatic rings. The molecule has 0 heterocycles. The molecular formula is C26H46N2O3. The van der Waals surface area contributed by atoms with Gasteiger partial charge < -0.3 is 20.0 Å². The van der Waals surface area contributed by atoms with Crippen molar-refractivity contribution >= 4 is 6.21 Å². The van der Waals surface area contributed by atoms with Gasteiger partial charge in [-0.25, -0.2) is 0 Å². The zero-order valence-corrected chi connectivity index (χ0v) is 20.4. The van der Waals surface area contributed by atoms with Crippen LogP contribution in [-0.2, 0) is 4.84 Å². The zero-order valence-electron chi connectivity index (χ0n) is 20.4. The molecule has 0 saturated heterocycles. The van der Waals surface area contributed by atoms with Gasteiger partial charge in [-0.15, -0.1) is 0 Å². The number of nitrogens with zero attached hydrogens (tertiary/aromatic N) is 2. The van der Waals surface area contributed by atoms with Crippen molar-refractivity contribution in [3.05, 3.63) is 0 Å². The van der Waals surface area contributed by atoms with Crippen LogP contribution < -0.4 is 0 Å². The second-order valence-electron chi connectivity index (χ2n) is 12.0. The number of oxime groups is 1. The third-order valence-corrected chi connectivity index (χ3v) is 10.4. The summed E-state index contributed by atoms with van der Waals surface area (Å²) in [7, 11) is 4.07. The second kappa shape index (κ2) is 8.95. The van der Waals surface area contributed by atoms with E-state index in [1.54, 1.807) is 0 Å². The number of hydrogen-bond acceptors (Lipinski definition) is 5. The molecule has 0 aromatic heterocycles. The first-order valence-electron chi connectivity index (χ1n) is 12.9. The topological polar surface area (TPSA) is 65.3 Å². The Hall–Kier alpha value is -0.650. The van der Waals surface area contributed by atoms with Crippen LogP contribution in [0, 0.1) is 34.5 Å². The van der Waals surface area contributed by atoms with Crippen molar-refractivity contribution in [2.75, 3.05) is 27.2 Å². The van der Waals surface area contributed by atoms with Gasteiger partial charge in [-0.3, -0.25) is 0 Å². The minimum Gasteiger partial charge on any atom is -0.395 e. The van der Waals surface area contributed by atoms with Crippen LogP contribution in [0.1, 0.15) is 84.5 Å². The highest BCUT2D eigenvalue weighted by Gasteiger charge is 2.66. The molecule has 5 heteroatoms. The molecule has 5 nitrogen and oxygen atoms in total. The van der Waals surface area contributed by atoms with Gasteiger partial charge in [0.15, 0.2) is 0 Å². The fraction of sp³-hybridized carbons (Fsp3) is 0.962. The van der Waals surface area contributed by atoms with E-state index in [0.29, 0.717) is 35.7 Å². The number of likely N-dealkylation sites (N-methyl/N-ethyl adjacent to an activating group) is 1. The Morgan fingerprint density at radius 1 is 1.03 bits per heavy atom. The van der Waals surface area contributed by atoms with Crippen LogP contribution >= 0.6 is 0 Å². The number of fused-ring (bicyclic) bond motifs is 5. The highest BCUT2D eigenvalue weighted by molar-refractivity contribution is 5.56. The van der Waals surface area contributed by atoms with Crippen molar-refractivity contribution in [1.29, 1.82) is 0 Å². The van der Waals surface area contributed by atoms with Gasteiger partial charge in [0.05, 0.1) is 11.7 Å². The molecule has 0 radical (unpaired) electrons. The third kappa shape index (κ3) is 4.08. The molecule has 8 atom stereocenters. The monoisotopic (exact) mass is 434 g/mol. The molecule has 4 rings (SSSR count). The highest BCUT2D eigenvalue weighted by Crippen LogP contribution is 2.69. The molecule has 0 spiro atoms. The van der Waals surface area contributed by atoms with Gasteiger partial charge in [0, 0.05) is 12.8 Å². The fourth-order valence-corrected chi connectivity index (χ4v) is 8.43. The van der Waals surface area contributed by atoms with Gasteiger partial charge in [0.1, 0.15) is 6.61 Å². The van der Waals surface area contributed by atoms with Gasteiger partial charge in [0.2, 0.25) is 0 Å². The molecule has 31 heavy (non-hydrogen) atoms. The second-order valence-corrected chi connectivity index (χ2v) is 12.0. The number of hydrogen-bond donors (Lipinski definition) is 2. The molecule has 4 fully saturated rings. The molecule has 4 aliphatic carbocycles. The lowest BCUT2D eigenvalue weighted by Crippen LogP contribution is -2.62. The average Bonchev–Trinajstić information content (AvgIpc) is 2.99. The Balaban J connectivity index is 1.38. The smallest absolute Gasteiger partial charge is 0.129 e. The molecular weight excluding hydrogens is 388 g/mol. The normalized spacial score (nSPS) is 47.3. The fourth-order valence-electron chi connectivity index (χ4n) is 8.43. The van der Waals surface area contributed by atoms with Gasteiger partial charge in [-0.2, -0.15) is 0 Å². The van der Waals surface area contributed by atoms with E-state index in [9.17, 15) is 10.2 Å². The number of aliphatic hydroxyl groups excluding tert-OH is 1. The van der Waals surface area contributed by atoms with Gasteiger partial charge in [-0.1, -0.05) is 19.0 Å². The maximum absolute atomic E-state index is 12.2. The van der Waals surface area contributed by atoms with Gasteiger partial charge in [0.25, 0.3) is 0 Å². The van der Waals surface area contributed by atoms with Gasteiger partial charge >= 0.3 is 0 Å². The van der Waals surface area contributed by atoms with Crippen LogP contribution in [0.3, 0.4) is 0 Å². The summed E-state index contributed by atoms with van der Waals surface area (Å²) >= 11 is 0. The molecule has 0 aliphatic heterocycles. The van der Waals surface area contributed by atoms with E-state index in [4.69, 9.17) is 4.84 Å². The minimum atomic E-state index is -0.510. The predicted octanol–water partition coefficient (Wildman–Crippen LogP) is 4.47. The maximum Gasteiger partial charge on any atom is 0.129 e. The standard InChI is InChI=1S/C26H46N2O3/c1-24-12-10-21(29)18-20(24)7-8-23-22(24)11-13-25(2)19(9-14-26(23,25)30)6-5-15-27-31-17-16-28(3)4/h15,19-23,29-30H,5-14,16-18H2,1-4H3/b27-15+/t19?,20?,21?,22-,23-,24+,25-,26-/m1/s1. The van der Waals surface area contributed by atoms with Crippen molar-refractivity contribution in [3.8, 4) is 0 Å². The lowest BCUT2D eigenvalue weighted by atomic mass is 9.43. The minimum absolute atomic E-state index is 0.0329. The Bertz CT molecular complexity index is 655. The van der Waals surface area contributed by atoms with E-state index in [1.807, 2.05) is 20.3 Å². The molecule has 3 unspecified atom stereocenters. The lowest BCUT2D eigenvalue weighted by Gasteiger charge is -2.63. The molecule has 4 saturated carbocycles. The zero-order chi connectivity index (χ0) is 22.3. The Morgan fingerprint density at radius 2 is 1.84 bits per heavy atom. The Kier molecular flexibility index (Phi) is 6.78.